The summed E-state index contributed by atoms with van der Waals surface area (Å²) in [6.07, 6.45) is 0. The van der Waals surface area contributed by atoms with Gasteiger partial charge in [-0.1, -0.05) is 49.4 Å². The molecule has 0 aliphatic carbocycles. The van der Waals surface area contributed by atoms with Crippen LogP contribution in [0.4, 0.5) is 0 Å². The molecule has 0 unspecified atom stereocenters. The molecule has 0 saturated carbocycles. The molecule has 0 radical (unpaired) electrons. The van der Waals surface area contributed by atoms with Gasteiger partial charge in [0.15, 0.2) is 5.96 Å². The molecule has 0 spiro atoms. The van der Waals surface area contributed by atoms with Crippen LogP contribution >= 0.6 is 24.0 Å². The Morgan fingerprint density at radius 1 is 1.00 bits per heavy atom. The Bertz CT molecular complexity index is 736. The van der Waals surface area contributed by atoms with E-state index in [1.807, 2.05) is 25.1 Å². The molecule has 0 atom stereocenters. The van der Waals surface area contributed by atoms with Crippen LogP contribution in [0.1, 0.15) is 30.5 Å². The smallest absolute Gasteiger partial charge is 0.191 e. The number of ether oxygens (including phenoxy) is 1. The molecule has 2 aromatic rings. The van der Waals surface area contributed by atoms with Crippen LogP contribution in [0.25, 0.3) is 0 Å². The normalized spacial score (nSPS) is 11.1. The lowest BCUT2D eigenvalue weighted by Gasteiger charge is -2.16. The predicted molar refractivity (Wildman–Crippen MR) is 129 cm³/mol. The molecule has 6 heteroatoms. The summed E-state index contributed by atoms with van der Waals surface area (Å²) in [4.78, 5) is 6.62. The van der Waals surface area contributed by atoms with Crippen LogP contribution in [0.5, 0.6) is 5.75 Å². The van der Waals surface area contributed by atoms with Gasteiger partial charge in [0, 0.05) is 32.2 Å². The third-order valence-electron chi connectivity index (χ3n) is 4.39. The molecule has 0 bridgehead atoms. The SMILES string of the molecule is CCOc1ccccc1CNC(=NC)NCc1cccc(CN(C)CC)c1.I. The van der Waals surface area contributed by atoms with Crippen molar-refractivity contribution in [1.29, 1.82) is 0 Å². The van der Waals surface area contributed by atoms with E-state index in [2.05, 4.69) is 64.8 Å². The lowest BCUT2D eigenvalue weighted by molar-refractivity contribution is 0.336. The maximum absolute atomic E-state index is 5.68. The van der Waals surface area contributed by atoms with E-state index in [-0.39, 0.29) is 24.0 Å². The first kappa shape index (κ1) is 24.2. The molecule has 154 valence electrons. The molecule has 5 nitrogen and oxygen atoms in total. The van der Waals surface area contributed by atoms with Crippen LogP contribution in [0.2, 0.25) is 0 Å². The highest BCUT2D eigenvalue weighted by atomic mass is 127. The van der Waals surface area contributed by atoms with Gasteiger partial charge < -0.3 is 20.3 Å². The second kappa shape index (κ2) is 13.4. The fourth-order valence-electron chi connectivity index (χ4n) is 2.79. The quantitative estimate of drug-likeness (QED) is 0.313. The standard InChI is InChI=1S/C22H32N4O.HI/c1-5-26(4)17-19-11-9-10-18(14-19)15-24-22(23-3)25-16-20-12-7-8-13-21(20)27-6-2;/h7-14H,5-6,15-17H2,1-4H3,(H2,23,24,25);1H. The first-order valence-corrected chi connectivity index (χ1v) is 9.57. The number of nitrogens with one attached hydrogen (secondary N) is 2. The van der Waals surface area contributed by atoms with Gasteiger partial charge in [-0.15, -0.1) is 24.0 Å². The molecule has 28 heavy (non-hydrogen) atoms. The number of guanidine groups is 1. The summed E-state index contributed by atoms with van der Waals surface area (Å²) >= 11 is 0. The van der Waals surface area contributed by atoms with Gasteiger partial charge in [-0.25, -0.2) is 0 Å². The number of hydrogen-bond donors (Lipinski definition) is 2. The van der Waals surface area contributed by atoms with Crippen molar-refractivity contribution in [2.24, 2.45) is 4.99 Å². The maximum Gasteiger partial charge on any atom is 0.191 e. The molecule has 0 fully saturated rings. The molecule has 2 aromatic carbocycles. The molecule has 0 aromatic heterocycles. The molecule has 0 saturated heterocycles. The molecule has 2 N–H and O–H groups in total. The van der Waals surface area contributed by atoms with E-state index in [0.29, 0.717) is 13.2 Å². The first-order chi connectivity index (χ1) is 13.2. The lowest BCUT2D eigenvalue weighted by Crippen LogP contribution is -2.36. The van der Waals surface area contributed by atoms with E-state index < -0.39 is 0 Å². The molecule has 0 amide bonds. The summed E-state index contributed by atoms with van der Waals surface area (Å²) < 4.78 is 5.68. The zero-order valence-electron chi connectivity index (χ0n) is 17.4. The largest absolute Gasteiger partial charge is 0.494 e. The van der Waals surface area contributed by atoms with Crippen molar-refractivity contribution in [2.45, 2.75) is 33.5 Å². The summed E-state index contributed by atoms with van der Waals surface area (Å²) in [5, 5.41) is 6.75. The van der Waals surface area contributed by atoms with Gasteiger partial charge in [-0.2, -0.15) is 0 Å². The summed E-state index contributed by atoms with van der Waals surface area (Å²) in [6.45, 7) is 8.23. The van der Waals surface area contributed by atoms with Gasteiger partial charge in [0.05, 0.1) is 6.61 Å². The van der Waals surface area contributed by atoms with Gasteiger partial charge in [0.1, 0.15) is 5.75 Å². The number of benzene rings is 2. The molecule has 0 heterocycles. The number of hydrogen-bond acceptors (Lipinski definition) is 3. The minimum Gasteiger partial charge on any atom is -0.494 e. The lowest BCUT2D eigenvalue weighted by atomic mass is 10.1. The topological polar surface area (TPSA) is 48.9 Å². The van der Waals surface area contributed by atoms with E-state index in [9.17, 15) is 0 Å². The van der Waals surface area contributed by atoms with E-state index >= 15 is 0 Å². The number of aliphatic imine (C=N–C) groups is 1. The van der Waals surface area contributed by atoms with Crippen LogP contribution in [0.15, 0.2) is 53.5 Å². The Hall–Kier alpha value is -1.80. The highest BCUT2D eigenvalue weighted by molar-refractivity contribution is 14.0. The van der Waals surface area contributed by atoms with Crippen molar-refractivity contribution in [1.82, 2.24) is 15.5 Å². The van der Waals surface area contributed by atoms with Gasteiger partial charge >= 0.3 is 0 Å². The molecule has 0 aliphatic rings. The Kier molecular flexibility index (Phi) is 11.6. The molecule has 0 aliphatic heterocycles. The first-order valence-electron chi connectivity index (χ1n) is 9.57. The van der Waals surface area contributed by atoms with Crippen molar-refractivity contribution in [3.63, 3.8) is 0 Å². The van der Waals surface area contributed by atoms with E-state index in [1.165, 1.54) is 11.1 Å². The average molecular weight is 496 g/mol. The van der Waals surface area contributed by atoms with Crippen LogP contribution in [-0.2, 0) is 19.6 Å². The van der Waals surface area contributed by atoms with Crippen LogP contribution in [-0.4, -0.2) is 38.1 Å². The van der Waals surface area contributed by atoms with Crippen LogP contribution in [0.3, 0.4) is 0 Å². The monoisotopic (exact) mass is 496 g/mol. The number of para-hydroxylation sites is 1. The molecular weight excluding hydrogens is 463 g/mol. The number of halogens is 1. The van der Waals surface area contributed by atoms with Crippen molar-refractivity contribution in [3.05, 3.63) is 65.2 Å². The second-order valence-corrected chi connectivity index (χ2v) is 6.47. The minimum atomic E-state index is 0. The van der Waals surface area contributed by atoms with Gasteiger partial charge in [0.2, 0.25) is 0 Å². The third kappa shape index (κ3) is 8.06. The van der Waals surface area contributed by atoms with Crippen LogP contribution in [0, 0.1) is 0 Å². The second-order valence-electron chi connectivity index (χ2n) is 6.47. The van der Waals surface area contributed by atoms with E-state index in [1.54, 1.807) is 7.05 Å². The highest BCUT2D eigenvalue weighted by Crippen LogP contribution is 2.17. The number of nitrogens with zero attached hydrogens (tertiary/aromatic N) is 2. The van der Waals surface area contributed by atoms with Gasteiger partial charge in [-0.3, -0.25) is 4.99 Å². The predicted octanol–water partition coefficient (Wildman–Crippen LogP) is 4.02. The Morgan fingerprint density at radius 2 is 1.71 bits per heavy atom. The maximum atomic E-state index is 5.68. The molecular formula is C22H33IN4O. The van der Waals surface area contributed by atoms with Crippen molar-refractivity contribution in [2.75, 3.05) is 27.2 Å². The van der Waals surface area contributed by atoms with Crippen molar-refractivity contribution >= 4 is 29.9 Å². The Labute approximate surface area is 186 Å². The Morgan fingerprint density at radius 3 is 2.43 bits per heavy atom. The highest BCUT2D eigenvalue weighted by Gasteiger charge is 2.05. The van der Waals surface area contributed by atoms with Crippen LogP contribution < -0.4 is 15.4 Å². The summed E-state index contributed by atoms with van der Waals surface area (Å²) in [5.41, 5.74) is 3.69. The Balaban J connectivity index is 0.00000392. The average Bonchev–Trinajstić information content (AvgIpc) is 2.69. The summed E-state index contributed by atoms with van der Waals surface area (Å²) in [6, 6.07) is 16.8. The molecule has 2 rings (SSSR count). The van der Waals surface area contributed by atoms with Gasteiger partial charge in [-0.05, 0) is 37.7 Å². The zero-order valence-corrected chi connectivity index (χ0v) is 19.7. The van der Waals surface area contributed by atoms with E-state index in [0.717, 1.165) is 36.9 Å². The van der Waals surface area contributed by atoms with Gasteiger partial charge in [0.25, 0.3) is 0 Å². The number of rotatable bonds is 9. The van der Waals surface area contributed by atoms with Crippen molar-refractivity contribution in [3.8, 4) is 5.75 Å². The fourth-order valence-corrected chi connectivity index (χ4v) is 2.79. The van der Waals surface area contributed by atoms with E-state index in [4.69, 9.17) is 4.74 Å². The summed E-state index contributed by atoms with van der Waals surface area (Å²) in [5.74, 6) is 1.69. The summed E-state index contributed by atoms with van der Waals surface area (Å²) in [7, 11) is 3.92. The minimum absolute atomic E-state index is 0. The fraction of sp³-hybridized carbons (Fsp3) is 0.409. The van der Waals surface area contributed by atoms with Crippen molar-refractivity contribution < 1.29 is 4.74 Å². The zero-order chi connectivity index (χ0) is 19.5. The third-order valence-corrected chi connectivity index (χ3v) is 4.39.